The summed E-state index contributed by atoms with van der Waals surface area (Å²) in [5, 5.41) is 13.5. The van der Waals surface area contributed by atoms with Crippen LogP contribution in [-0.2, 0) is 4.79 Å². The Labute approximate surface area is 175 Å². The maximum Gasteiger partial charge on any atom is 0.249 e. The minimum absolute atomic E-state index is 0.0908. The zero-order chi connectivity index (χ0) is 21.4. The Balaban J connectivity index is 1.60. The Morgan fingerprint density at radius 1 is 1.13 bits per heavy atom. The Bertz CT molecular complexity index is 1080. The monoisotopic (exact) mass is 406 g/mol. The summed E-state index contributed by atoms with van der Waals surface area (Å²) in [5.41, 5.74) is 3.64. The van der Waals surface area contributed by atoms with Crippen LogP contribution in [0.2, 0.25) is 0 Å². The number of aromatic nitrogens is 4. The second-order valence-electron chi connectivity index (χ2n) is 7.72. The van der Waals surface area contributed by atoms with E-state index in [4.69, 9.17) is 0 Å². The number of aryl methyl sites for hydroxylation is 1. The lowest BCUT2D eigenvalue weighted by Gasteiger charge is -2.42. The molecule has 3 aromatic rings. The topological polar surface area (TPSA) is 102 Å². The first kappa shape index (κ1) is 19.7. The summed E-state index contributed by atoms with van der Waals surface area (Å²) in [6.45, 7) is 8.04. The number of amides is 1. The van der Waals surface area contributed by atoms with E-state index in [9.17, 15) is 4.79 Å². The van der Waals surface area contributed by atoms with E-state index in [0.29, 0.717) is 11.8 Å². The van der Waals surface area contributed by atoms with Crippen molar-refractivity contribution in [1.82, 2.24) is 20.2 Å². The van der Waals surface area contributed by atoms with Crippen LogP contribution in [0.25, 0.3) is 0 Å². The maximum absolute atomic E-state index is 12.6. The van der Waals surface area contributed by atoms with E-state index >= 15 is 0 Å². The summed E-state index contributed by atoms with van der Waals surface area (Å²) in [7, 11) is 1.82. The van der Waals surface area contributed by atoms with Gasteiger partial charge in [0.1, 0.15) is 17.7 Å². The average molecular weight is 406 g/mol. The molecule has 156 valence electrons. The van der Waals surface area contributed by atoms with E-state index in [-0.39, 0.29) is 18.0 Å². The van der Waals surface area contributed by atoms with E-state index < -0.39 is 0 Å². The van der Waals surface area contributed by atoms with Crippen LogP contribution in [0.1, 0.15) is 26.5 Å². The number of nitrogens with zero attached hydrogens (tertiary/aromatic N) is 5. The molecule has 3 heterocycles. The van der Waals surface area contributed by atoms with Gasteiger partial charge in [-0.2, -0.15) is 10.1 Å². The molecule has 1 aromatic carbocycles. The number of carbonyl (C=O) groups excluding carboxylic acids is 1. The minimum Gasteiger partial charge on any atom is -0.356 e. The molecule has 0 spiro atoms. The number of likely N-dealkylation sites (N-methyl/N-ethyl adjacent to an activating group) is 1. The first-order valence-electron chi connectivity index (χ1n) is 9.92. The minimum atomic E-state index is -0.223. The number of hydrogen-bond donors (Lipinski definition) is 3. The van der Waals surface area contributed by atoms with Crippen molar-refractivity contribution < 1.29 is 4.79 Å². The van der Waals surface area contributed by atoms with Gasteiger partial charge >= 0.3 is 0 Å². The van der Waals surface area contributed by atoms with Crippen LogP contribution in [0.5, 0.6) is 0 Å². The highest BCUT2D eigenvalue weighted by Gasteiger charge is 2.34. The highest BCUT2D eigenvalue weighted by Crippen LogP contribution is 2.39. The molecule has 4 rings (SSSR count). The van der Waals surface area contributed by atoms with Crippen molar-refractivity contribution in [3.63, 3.8) is 0 Å². The van der Waals surface area contributed by atoms with Crippen molar-refractivity contribution in [1.29, 1.82) is 0 Å². The van der Waals surface area contributed by atoms with E-state index in [1.165, 1.54) is 0 Å². The van der Waals surface area contributed by atoms with Gasteiger partial charge in [-0.3, -0.25) is 9.89 Å². The van der Waals surface area contributed by atoms with Crippen molar-refractivity contribution in [2.24, 2.45) is 0 Å². The number of nitrogens with one attached hydrogen (secondary N) is 3. The molecule has 1 aliphatic heterocycles. The average Bonchev–Trinajstić information content (AvgIpc) is 3.11. The summed E-state index contributed by atoms with van der Waals surface area (Å²) in [6, 6.07) is 9.57. The number of fused-ring (bicyclic) bond motifs is 1. The van der Waals surface area contributed by atoms with E-state index in [1.807, 2.05) is 45.2 Å². The largest absolute Gasteiger partial charge is 0.356 e. The summed E-state index contributed by atoms with van der Waals surface area (Å²) in [5.74, 6) is 1.98. The third kappa shape index (κ3) is 3.66. The molecule has 0 radical (unpaired) electrons. The predicted molar refractivity (Wildman–Crippen MR) is 119 cm³/mol. The van der Waals surface area contributed by atoms with Crippen LogP contribution in [0, 0.1) is 6.92 Å². The molecule has 1 aliphatic rings. The van der Waals surface area contributed by atoms with Crippen molar-refractivity contribution in [2.75, 3.05) is 27.5 Å². The third-order valence-electron chi connectivity index (χ3n) is 5.16. The molecule has 0 saturated heterocycles. The highest BCUT2D eigenvalue weighted by molar-refractivity contribution is 6.05. The van der Waals surface area contributed by atoms with Crippen LogP contribution >= 0.6 is 0 Å². The summed E-state index contributed by atoms with van der Waals surface area (Å²) in [6.07, 6.45) is 1.69. The van der Waals surface area contributed by atoms with Crippen LogP contribution < -0.4 is 20.4 Å². The van der Waals surface area contributed by atoms with Gasteiger partial charge in [-0.05, 0) is 52.0 Å². The molecule has 0 unspecified atom stereocenters. The lowest BCUT2D eigenvalue weighted by Crippen LogP contribution is -2.53. The van der Waals surface area contributed by atoms with E-state index in [2.05, 4.69) is 49.5 Å². The Hall–Kier alpha value is -3.62. The molecular formula is C21H26N8O. The van der Waals surface area contributed by atoms with E-state index in [0.717, 1.165) is 28.6 Å². The molecule has 0 fully saturated rings. The smallest absolute Gasteiger partial charge is 0.249 e. The molecule has 0 aliphatic carbocycles. The Morgan fingerprint density at radius 3 is 2.63 bits per heavy atom. The molecule has 1 atom stereocenters. The number of H-pyrrole nitrogens is 1. The van der Waals surface area contributed by atoms with Gasteiger partial charge in [0.15, 0.2) is 0 Å². The zero-order valence-electron chi connectivity index (χ0n) is 17.8. The molecule has 9 heteroatoms. The summed E-state index contributed by atoms with van der Waals surface area (Å²) >= 11 is 0. The quantitative estimate of drug-likeness (QED) is 0.595. The van der Waals surface area contributed by atoms with Crippen LogP contribution in [0.15, 0.2) is 36.5 Å². The number of hydrogen-bond acceptors (Lipinski definition) is 7. The third-order valence-corrected chi connectivity index (χ3v) is 5.16. The van der Waals surface area contributed by atoms with Gasteiger partial charge in [-0.15, -0.1) is 0 Å². The lowest BCUT2D eigenvalue weighted by molar-refractivity contribution is -0.119. The van der Waals surface area contributed by atoms with Gasteiger partial charge in [0.25, 0.3) is 0 Å². The summed E-state index contributed by atoms with van der Waals surface area (Å²) in [4.78, 5) is 25.3. The van der Waals surface area contributed by atoms with Crippen molar-refractivity contribution in [3.05, 3.63) is 42.2 Å². The van der Waals surface area contributed by atoms with Crippen LogP contribution in [0.4, 0.5) is 34.6 Å². The maximum atomic E-state index is 12.6. The standard InChI is InChI=1S/C21H26N8O/c1-12(2)29-14(4)20(30)28(5)16-7-6-15(11-17(16)29)23-21-22-9-8-18(25-21)24-19-10-13(3)26-27-19/h6-12,14H,1-5H3,(H3,22,23,24,25,26,27)/t14-/m1/s1. The number of aromatic amines is 1. The Morgan fingerprint density at radius 2 is 1.93 bits per heavy atom. The normalized spacial score (nSPS) is 16.1. The fourth-order valence-electron chi connectivity index (χ4n) is 3.79. The van der Waals surface area contributed by atoms with Crippen molar-refractivity contribution in [3.8, 4) is 0 Å². The van der Waals surface area contributed by atoms with Gasteiger partial charge in [-0.1, -0.05) is 0 Å². The van der Waals surface area contributed by atoms with Gasteiger partial charge < -0.3 is 20.4 Å². The molecular weight excluding hydrogens is 380 g/mol. The molecule has 1 amide bonds. The highest BCUT2D eigenvalue weighted by atomic mass is 16.2. The molecule has 9 nitrogen and oxygen atoms in total. The molecule has 30 heavy (non-hydrogen) atoms. The number of carbonyl (C=O) groups is 1. The number of rotatable bonds is 5. The Kier molecular flexibility index (Phi) is 5.03. The van der Waals surface area contributed by atoms with Gasteiger partial charge in [0.2, 0.25) is 11.9 Å². The van der Waals surface area contributed by atoms with Gasteiger partial charge in [0, 0.05) is 31.0 Å². The fourth-order valence-corrected chi connectivity index (χ4v) is 3.79. The van der Waals surface area contributed by atoms with Crippen molar-refractivity contribution >= 4 is 40.6 Å². The summed E-state index contributed by atoms with van der Waals surface area (Å²) < 4.78 is 0. The molecule has 3 N–H and O–H groups in total. The first-order chi connectivity index (χ1) is 14.3. The number of anilines is 6. The molecule has 2 aromatic heterocycles. The predicted octanol–water partition coefficient (Wildman–Crippen LogP) is 3.58. The molecule has 0 bridgehead atoms. The SMILES string of the molecule is Cc1cc(Nc2ccnc(Nc3ccc4c(c3)N(C(C)C)[C@H](C)C(=O)N4C)n2)[nH]n1. The van der Waals surface area contributed by atoms with Crippen molar-refractivity contribution in [2.45, 2.75) is 39.8 Å². The van der Waals surface area contributed by atoms with Crippen LogP contribution in [-0.4, -0.2) is 45.2 Å². The second kappa shape index (κ2) is 7.66. The van der Waals surface area contributed by atoms with Gasteiger partial charge in [-0.25, -0.2) is 4.98 Å². The van der Waals surface area contributed by atoms with Gasteiger partial charge in [0.05, 0.1) is 17.1 Å². The van der Waals surface area contributed by atoms with Crippen LogP contribution in [0.3, 0.4) is 0 Å². The van der Waals surface area contributed by atoms with E-state index in [1.54, 1.807) is 17.2 Å². The molecule has 0 saturated carbocycles. The first-order valence-corrected chi connectivity index (χ1v) is 9.92. The fraction of sp³-hybridized carbons (Fsp3) is 0.333. The second-order valence-corrected chi connectivity index (χ2v) is 7.72. The lowest BCUT2D eigenvalue weighted by atomic mass is 10.0. The number of benzene rings is 1. The zero-order valence-corrected chi connectivity index (χ0v) is 17.8.